The molecule has 210 valence electrons. The Bertz CT molecular complexity index is 1280. The zero-order chi connectivity index (χ0) is 28.5. The molecule has 0 spiro atoms. The van der Waals surface area contributed by atoms with Gasteiger partial charge in [-0.25, -0.2) is 4.79 Å². The monoisotopic (exact) mass is 546 g/mol. The molecule has 0 fully saturated rings. The van der Waals surface area contributed by atoms with Gasteiger partial charge in [-0.2, -0.15) is 0 Å². The van der Waals surface area contributed by atoms with Gasteiger partial charge >= 0.3 is 12.1 Å². The van der Waals surface area contributed by atoms with E-state index in [9.17, 15) is 19.5 Å². The standard InChI is InChI=1S/C31H34N2O7/c1-31(38-2,20-39-17-21-10-4-3-5-11-21)19-32-29(36)27(16-28(34)35)33-30(37)40-18-26-24-14-8-6-12-22(24)23-13-7-9-15-25(23)26/h3-15,26-27H,16-20H2,1-2H3,(H,32,36)(H,33,37)(H,34,35). The highest BCUT2D eigenvalue weighted by atomic mass is 16.5. The number of hydrogen-bond donors (Lipinski definition) is 3. The van der Waals surface area contributed by atoms with Crippen molar-refractivity contribution in [3.05, 3.63) is 95.6 Å². The van der Waals surface area contributed by atoms with Crippen molar-refractivity contribution in [3.8, 4) is 11.1 Å². The molecule has 2 atom stereocenters. The molecule has 40 heavy (non-hydrogen) atoms. The number of alkyl carbamates (subject to hydrolysis) is 1. The molecule has 1 aliphatic rings. The fourth-order valence-electron chi connectivity index (χ4n) is 4.70. The average Bonchev–Trinajstić information content (AvgIpc) is 3.28. The molecular weight excluding hydrogens is 512 g/mol. The second kappa shape index (κ2) is 13.2. The van der Waals surface area contributed by atoms with Gasteiger partial charge in [-0.3, -0.25) is 9.59 Å². The van der Waals surface area contributed by atoms with Gasteiger partial charge in [0.2, 0.25) is 5.91 Å². The van der Waals surface area contributed by atoms with Crippen LogP contribution < -0.4 is 10.6 Å². The van der Waals surface area contributed by atoms with Gasteiger partial charge in [0.05, 0.1) is 19.6 Å². The lowest BCUT2D eigenvalue weighted by Crippen LogP contribution is -2.52. The number of benzene rings is 3. The van der Waals surface area contributed by atoms with E-state index in [4.69, 9.17) is 14.2 Å². The SMILES string of the molecule is COC(C)(CNC(=O)C(CC(=O)O)NC(=O)OCC1c2ccccc2-c2ccccc21)COCc1ccccc1. The molecule has 1 aliphatic carbocycles. The summed E-state index contributed by atoms with van der Waals surface area (Å²) in [6, 6.07) is 24.2. The predicted octanol–water partition coefficient (Wildman–Crippen LogP) is 4.11. The Kier molecular flexibility index (Phi) is 9.52. The molecule has 2 unspecified atom stereocenters. The van der Waals surface area contributed by atoms with E-state index in [1.54, 1.807) is 6.92 Å². The molecule has 0 aromatic heterocycles. The van der Waals surface area contributed by atoms with Crippen LogP contribution >= 0.6 is 0 Å². The van der Waals surface area contributed by atoms with Gasteiger partial charge in [-0.05, 0) is 34.7 Å². The van der Waals surface area contributed by atoms with E-state index < -0.39 is 36.0 Å². The lowest BCUT2D eigenvalue weighted by Gasteiger charge is -2.29. The van der Waals surface area contributed by atoms with Crippen LogP contribution in [0.1, 0.15) is 36.0 Å². The van der Waals surface area contributed by atoms with Crippen LogP contribution in [0.2, 0.25) is 0 Å². The summed E-state index contributed by atoms with van der Waals surface area (Å²) in [4.78, 5) is 37.1. The number of ether oxygens (including phenoxy) is 3. The molecule has 0 saturated heterocycles. The molecule has 9 heteroatoms. The molecule has 0 aliphatic heterocycles. The maximum Gasteiger partial charge on any atom is 0.407 e. The van der Waals surface area contributed by atoms with Crippen LogP contribution in [0.4, 0.5) is 4.79 Å². The molecule has 0 heterocycles. The molecule has 0 bridgehead atoms. The topological polar surface area (TPSA) is 123 Å². The van der Waals surface area contributed by atoms with Crippen LogP contribution in [0.25, 0.3) is 11.1 Å². The summed E-state index contributed by atoms with van der Waals surface area (Å²) in [5.41, 5.74) is 4.39. The van der Waals surface area contributed by atoms with Crippen molar-refractivity contribution < 1.29 is 33.7 Å². The van der Waals surface area contributed by atoms with Gasteiger partial charge < -0.3 is 30.0 Å². The van der Waals surface area contributed by atoms with Crippen molar-refractivity contribution in [2.24, 2.45) is 0 Å². The summed E-state index contributed by atoms with van der Waals surface area (Å²) < 4.78 is 16.8. The van der Waals surface area contributed by atoms with E-state index in [-0.39, 0.29) is 25.7 Å². The van der Waals surface area contributed by atoms with Crippen LogP contribution in [-0.2, 0) is 30.4 Å². The van der Waals surface area contributed by atoms with Crippen molar-refractivity contribution >= 4 is 18.0 Å². The molecule has 3 aromatic carbocycles. The van der Waals surface area contributed by atoms with Gasteiger partial charge in [0, 0.05) is 19.6 Å². The highest BCUT2D eigenvalue weighted by Gasteiger charge is 2.31. The minimum Gasteiger partial charge on any atom is -0.481 e. The average molecular weight is 547 g/mol. The van der Waals surface area contributed by atoms with E-state index in [2.05, 4.69) is 10.6 Å². The third kappa shape index (κ3) is 7.25. The number of rotatable bonds is 13. The first-order valence-electron chi connectivity index (χ1n) is 13.1. The number of carbonyl (C=O) groups is 3. The first-order valence-corrected chi connectivity index (χ1v) is 13.1. The van der Waals surface area contributed by atoms with Gasteiger partial charge in [0.15, 0.2) is 0 Å². The van der Waals surface area contributed by atoms with Crippen molar-refractivity contribution in [1.82, 2.24) is 10.6 Å². The number of amides is 2. The maximum absolute atomic E-state index is 12.9. The van der Waals surface area contributed by atoms with E-state index in [0.717, 1.165) is 27.8 Å². The normalized spacial score (nSPS) is 14.3. The molecule has 2 amide bonds. The van der Waals surface area contributed by atoms with Gasteiger partial charge in [0.25, 0.3) is 0 Å². The quantitative estimate of drug-likeness (QED) is 0.295. The lowest BCUT2D eigenvalue weighted by molar-refractivity contribution is -0.140. The number of nitrogens with one attached hydrogen (secondary N) is 2. The number of aliphatic carboxylic acids is 1. The van der Waals surface area contributed by atoms with E-state index in [1.165, 1.54) is 7.11 Å². The van der Waals surface area contributed by atoms with E-state index in [0.29, 0.717) is 6.61 Å². The Morgan fingerprint density at radius 1 is 0.925 bits per heavy atom. The second-order valence-corrected chi connectivity index (χ2v) is 9.97. The molecule has 0 radical (unpaired) electrons. The molecule has 3 N–H and O–H groups in total. The van der Waals surface area contributed by atoms with Gasteiger partial charge in [-0.15, -0.1) is 0 Å². The Hall–Kier alpha value is -4.21. The zero-order valence-electron chi connectivity index (χ0n) is 22.6. The first-order chi connectivity index (χ1) is 19.3. The second-order valence-electron chi connectivity index (χ2n) is 9.97. The Labute approximate surface area is 233 Å². The van der Waals surface area contributed by atoms with E-state index >= 15 is 0 Å². The lowest BCUT2D eigenvalue weighted by atomic mass is 9.98. The Balaban J connectivity index is 1.32. The minimum absolute atomic E-state index is 0.0413. The third-order valence-corrected chi connectivity index (χ3v) is 6.98. The van der Waals surface area contributed by atoms with Crippen molar-refractivity contribution in [2.75, 3.05) is 26.9 Å². The summed E-state index contributed by atoms with van der Waals surface area (Å²) in [5, 5.41) is 14.4. The number of carboxylic acids is 1. The van der Waals surface area contributed by atoms with Crippen LogP contribution in [0.3, 0.4) is 0 Å². The molecule has 9 nitrogen and oxygen atoms in total. The van der Waals surface area contributed by atoms with Crippen molar-refractivity contribution in [2.45, 2.75) is 37.5 Å². The smallest absolute Gasteiger partial charge is 0.407 e. The fraction of sp³-hybridized carbons (Fsp3) is 0.323. The summed E-state index contributed by atoms with van der Waals surface area (Å²) in [6.45, 7) is 2.41. The van der Waals surface area contributed by atoms with Gasteiger partial charge in [-0.1, -0.05) is 78.9 Å². The minimum atomic E-state index is -1.33. The number of carbonyl (C=O) groups excluding carboxylic acids is 2. The third-order valence-electron chi connectivity index (χ3n) is 6.98. The van der Waals surface area contributed by atoms with Crippen molar-refractivity contribution in [1.29, 1.82) is 0 Å². The summed E-state index contributed by atoms with van der Waals surface area (Å²) in [5.74, 6) is -2.06. The highest BCUT2D eigenvalue weighted by molar-refractivity contribution is 5.89. The summed E-state index contributed by atoms with van der Waals surface area (Å²) in [6.07, 6.45) is -1.48. The zero-order valence-corrected chi connectivity index (χ0v) is 22.6. The number of hydrogen-bond acceptors (Lipinski definition) is 6. The predicted molar refractivity (Wildman–Crippen MR) is 149 cm³/mol. The molecule has 3 aromatic rings. The Morgan fingerprint density at radius 3 is 2.12 bits per heavy atom. The number of carboxylic acid groups (broad SMARTS) is 1. The number of methoxy groups -OCH3 is 1. The summed E-state index contributed by atoms with van der Waals surface area (Å²) >= 11 is 0. The summed E-state index contributed by atoms with van der Waals surface area (Å²) in [7, 11) is 1.50. The first kappa shape index (κ1) is 28.8. The maximum atomic E-state index is 12.9. The van der Waals surface area contributed by atoms with Crippen LogP contribution in [0.5, 0.6) is 0 Å². The van der Waals surface area contributed by atoms with Crippen molar-refractivity contribution in [3.63, 3.8) is 0 Å². The molecule has 0 saturated carbocycles. The Morgan fingerprint density at radius 2 is 1.52 bits per heavy atom. The largest absolute Gasteiger partial charge is 0.481 e. The van der Waals surface area contributed by atoms with Crippen LogP contribution in [0, 0.1) is 0 Å². The van der Waals surface area contributed by atoms with Crippen LogP contribution in [-0.4, -0.2) is 61.6 Å². The highest BCUT2D eigenvalue weighted by Crippen LogP contribution is 2.44. The molecule has 4 rings (SSSR count). The molecular formula is C31H34N2O7. The van der Waals surface area contributed by atoms with E-state index in [1.807, 2.05) is 78.9 Å². The number of fused-ring (bicyclic) bond motifs is 3. The fourth-order valence-corrected chi connectivity index (χ4v) is 4.70. The van der Waals surface area contributed by atoms with Crippen LogP contribution in [0.15, 0.2) is 78.9 Å². The van der Waals surface area contributed by atoms with Gasteiger partial charge in [0.1, 0.15) is 18.2 Å².